The fourth-order valence-corrected chi connectivity index (χ4v) is 3.60. The summed E-state index contributed by atoms with van der Waals surface area (Å²) in [5, 5.41) is 8.33. The topological polar surface area (TPSA) is 50.5 Å². The number of carbonyl (C=O) groups is 1. The van der Waals surface area contributed by atoms with Gasteiger partial charge in [-0.25, -0.2) is 8.78 Å². The molecule has 0 saturated carbocycles. The Morgan fingerprint density at radius 3 is 2.85 bits per heavy atom. The molecule has 4 rings (SSSR count). The summed E-state index contributed by atoms with van der Waals surface area (Å²) in [7, 11) is 0. The van der Waals surface area contributed by atoms with Crippen molar-refractivity contribution >= 4 is 23.2 Å². The third-order valence-corrected chi connectivity index (χ3v) is 4.97. The van der Waals surface area contributed by atoms with Crippen LogP contribution >= 0.6 is 11.6 Å². The van der Waals surface area contributed by atoms with Crippen LogP contribution in [0.15, 0.2) is 36.5 Å². The van der Waals surface area contributed by atoms with Crippen molar-refractivity contribution < 1.29 is 13.6 Å². The average Bonchev–Trinajstić information content (AvgIpc) is 3.08. The maximum atomic E-state index is 13.5. The lowest BCUT2D eigenvalue weighted by molar-refractivity contribution is 0.0703. The lowest BCUT2D eigenvalue weighted by atomic mass is 9.96. The Morgan fingerprint density at radius 1 is 1.19 bits per heavy atom. The van der Waals surface area contributed by atoms with E-state index in [1.54, 1.807) is 4.90 Å². The summed E-state index contributed by atoms with van der Waals surface area (Å²) in [6, 6.07) is 7.33. The van der Waals surface area contributed by atoms with Gasteiger partial charge in [-0.1, -0.05) is 17.7 Å². The highest BCUT2D eigenvalue weighted by atomic mass is 35.5. The first-order valence-corrected chi connectivity index (χ1v) is 8.66. The fraction of sp³-hybridized carbons (Fsp3) is 0.278. The van der Waals surface area contributed by atoms with E-state index in [9.17, 15) is 13.6 Å². The second kappa shape index (κ2) is 6.64. The number of piperidine rings is 1. The van der Waals surface area contributed by atoms with Crippen molar-refractivity contribution in [1.82, 2.24) is 19.5 Å². The molecule has 0 bridgehead atoms. The minimum Gasteiger partial charge on any atom is -0.338 e. The van der Waals surface area contributed by atoms with Crippen LogP contribution in [0.5, 0.6) is 0 Å². The van der Waals surface area contributed by atoms with Gasteiger partial charge in [-0.3, -0.25) is 9.20 Å². The number of hydrogen-bond acceptors (Lipinski definition) is 3. The summed E-state index contributed by atoms with van der Waals surface area (Å²) in [4.78, 5) is 14.4. The van der Waals surface area contributed by atoms with Crippen LogP contribution in [0.3, 0.4) is 0 Å². The fourth-order valence-electron chi connectivity index (χ4n) is 3.37. The molecule has 26 heavy (non-hydrogen) atoms. The maximum absolute atomic E-state index is 13.5. The number of hydrogen-bond donors (Lipinski definition) is 0. The van der Waals surface area contributed by atoms with Crippen molar-refractivity contribution in [3.8, 4) is 0 Å². The minimum absolute atomic E-state index is 0.00849. The van der Waals surface area contributed by atoms with E-state index in [1.807, 2.05) is 28.8 Å². The van der Waals surface area contributed by atoms with E-state index < -0.39 is 17.5 Å². The van der Waals surface area contributed by atoms with Crippen LogP contribution in [0, 0.1) is 11.6 Å². The van der Waals surface area contributed by atoms with E-state index in [0.717, 1.165) is 36.4 Å². The number of carbonyl (C=O) groups excluding carboxylic acids is 1. The summed E-state index contributed by atoms with van der Waals surface area (Å²) in [5.74, 6) is -1.77. The zero-order valence-corrected chi connectivity index (χ0v) is 14.5. The van der Waals surface area contributed by atoms with E-state index in [4.69, 9.17) is 11.6 Å². The summed E-state index contributed by atoms with van der Waals surface area (Å²) in [6.07, 6.45) is 3.53. The van der Waals surface area contributed by atoms with E-state index in [2.05, 4.69) is 10.2 Å². The maximum Gasteiger partial charge on any atom is 0.255 e. The first-order chi connectivity index (χ1) is 12.5. The van der Waals surface area contributed by atoms with Crippen LogP contribution in [0.25, 0.3) is 5.65 Å². The largest absolute Gasteiger partial charge is 0.338 e. The molecule has 2 aromatic heterocycles. The predicted octanol–water partition coefficient (Wildman–Crippen LogP) is 3.68. The van der Waals surface area contributed by atoms with Gasteiger partial charge in [-0.05, 0) is 37.1 Å². The summed E-state index contributed by atoms with van der Waals surface area (Å²) >= 11 is 5.95. The van der Waals surface area contributed by atoms with Crippen LogP contribution in [-0.4, -0.2) is 38.5 Å². The quantitative estimate of drug-likeness (QED) is 0.641. The highest BCUT2D eigenvalue weighted by molar-refractivity contribution is 6.33. The normalized spacial score (nSPS) is 17.7. The molecule has 1 aromatic carbocycles. The number of pyridine rings is 1. The molecule has 0 spiro atoms. The Bertz CT molecular complexity index is 990. The molecule has 1 saturated heterocycles. The van der Waals surface area contributed by atoms with Gasteiger partial charge in [0.1, 0.15) is 5.82 Å². The van der Waals surface area contributed by atoms with Gasteiger partial charge < -0.3 is 4.90 Å². The lowest BCUT2D eigenvalue weighted by Crippen LogP contribution is -2.39. The van der Waals surface area contributed by atoms with Crippen molar-refractivity contribution in [2.45, 2.75) is 18.8 Å². The Labute approximate surface area is 153 Å². The van der Waals surface area contributed by atoms with Crippen molar-refractivity contribution in [3.05, 3.63) is 64.6 Å². The molecule has 1 amide bonds. The van der Waals surface area contributed by atoms with Crippen molar-refractivity contribution in [2.24, 2.45) is 0 Å². The molecule has 134 valence electrons. The van der Waals surface area contributed by atoms with Crippen molar-refractivity contribution in [1.29, 1.82) is 0 Å². The molecular weight excluding hydrogens is 362 g/mol. The Morgan fingerprint density at radius 2 is 2.00 bits per heavy atom. The standard InChI is InChI=1S/C18H15ClF2N4O/c19-13-9-15(21)14(20)8-12(13)18(26)24-6-3-4-11(10-24)17-23-22-16-5-1-2-7-25(16)17/h1-2,5,7-9,11H,3-4,6,10H2. The molecule has 5 nitrogen and oxygen atoms in total. The first-order valence-electron chi connectivity index (χ1n) is 8.28. The van der Waals surface area contributed by atoms with Crippen LogP contribution in [0.2, 0.25) is 5.02 Å². The van der Waals surface area contributed by atoms with Gasteiger partial charge in [0, 0.05) is 25.2 Å². The molecule has 0 aliphatic carbocycles. The Hall–Kier alpha value is -2.54. The molecule has 0 radical (unpaired) electrons. The number of halogens is 3. The third-order valence-electron chi connectivity index (χ3n) is 4.65. The molecule has 8 heteroatoms. The van der Waals surface area contributed by atoms with Gasteiger partial charge in [-0.2, -0.15) is 0 Å². The van der Waals surface area contributed by atoms with Gasteiger partial charge in [0.25, 0.3) is 5.91 Å². The average molecular weight is 377 g/mol. The number of aromatic nitrogens is 3. The van der Waals surface area contributed by atoms with Crippen molar-refractivity contribution in [3.63, 3.8) is 0 Å². The predicted molar refractivity (Wildman–Crippen MR) is 92.2 cm³/mol. The molecule has 3 aromatic rings. The van der Waals surface area contributed by atoms with Crippen LogP contribution in [0.4, 0.5) is 8.78 Å². The highest BCUT2D eigenvalue weighted by Gasteiger charge is 2.29. The van der Waals surface area contributed by atoms with E-state index in [1.165, 1.54) is 0 Å². The van der Waals surface area contributed by atoms with Gasteiger partial charge in [0.15, 0.2) is 17.3 Å². The lowest BCUT2D eigenvalue weighted by Gasteiger charge is -2.32. The molecule has 1 fully saturated rings. The van der Waals surface area contributed by atoms with Gasteiger partial charge in [-0.15, -0.1) is 10.2 Å². The number of rotatable bonds is 2. The molecular formula is C18H15ClF2N4O. The molecule has 1 aliphatic heterocycles. The Balaban J connectivity index is 1.61. The second-order valence-corrected chi connectivity index (χ2v) is 6.73. The van der Waals surface area contributed by atoms with Crippen LogP contribution < -0.4 is 0 Å². The molecule has 0 N–H and O–H groups in total. The molecule has 3 heterocycles. The number of benzene rings is 1. The SMILES string of the molecule is O=C(c1cc(F)c(F)cc1Cl)N1CCCC(c2nnc3ccccn23)C1. The highest BCUT2D eigenvalue weighted by Crippen LogP contribution is 2.29. The van der Waals surface area contributed by atoms with Gasteiger partial charge in [0.2, 0.25) is 0 Å². The van der Waals surface area contributed by atoms with Gasteiger partial charge >= 0.3 is 0 Å². The molecule has 1 atom stereocenters. The smallest absolute Gasteiger partial charge is 0.255 e. The molecule has 1 aliphatic rings. The third kappa shape index (κ3) is 2.92. The van der Waals surface area contributed by atoms with Crippen molar-refractivity contribution in [2.75, 3.05) is 13.1 Å². The van der Waals surface area contributed by atoms with Gasteiger partial charge in [0.05, 0.1) is 10.6 Å². The van der Waals surface area contributed by atoms with E-state index >= 15 is 0 Å². The van der Waals surface area contributed by atoms with Crippen LogP contribution in [-0.2, 0) is 0 Å². The summed E-state index contributed by atoms with van der Waals surface area (Å²) < 4.78 is 28.7. The minimum atomic E-state index is -1.09. The second-order valence-electron chi connectivity index (χ2n) is 6.32. The number of fused-ring (bicyclic) bond motifs is 1. The molecule has 1 unspecified atom stereocenters. The first kappa shape index (κ1) is 16.9. The monoisotopic (exact) mass is 376 g/mol. The number of nitrogens with zero attached hydrogens (tertiary/aromatic N) is 4. The number of amides is 1. The van der Waals surface area contributed by atoms with Crippen LogP contribution in [0.1, 0.15) is 34.9 Å². The zero-order chi connectivity index (χ0) is 18.3. The van der Waals surface area contributed by atoms with E-state index in [0.29, 0.717) is 13.1 Å². The number of likely N-dealkylation sites (tertiary alicyclic amines) is 1. The zero-order valence-electron chi connectivity index (χ0n) is 13.7. The van der Waals surface area contributed by atoms with E-state index in [-0.39, 0.29) is 16.5 Å². The Kier molecular flexibility index (Phi) is 4.32. The summed E-state index contributed by atoms with van der Waals surface area (Å²) in [6.45, 7) is 0.950. The summed E-state index contributed by atoms with van der Waals surface area (Å²) in [5.41, 5.74) is 0.715.